The van der Waals surface area contributed by atoms with Gasteiger partial charge < -0.3 is 5.32 Å². The van der Waals surface area contributed by atoms with Crippen molar-refractivity contribution in [1.82, 2.24) is 8.61 Å². The SMILES string of the molecule is Cc1ccc(CN(CC(=O)Nc2ccc(Cl)cc2)S(=O)(=O)c2ccc(S(=O)(=O)N3CCCC3)cc2)cc1. The van der Waals surface area contributed by atoms with Crippen molar-refractivity contribution in [1.29, 1.82) is 0 Å². The van der Waals surface area contributed by atoms with Gasteiger partial charge in [0.2, 0.25) is 26.0 Å². The minimum absolute atomic E-state index is 0.0372. The monoisotopic (exact) mass is 561 g/mol. The Kier molecular flexibility index (Phi) is 8.35. The Balaban J connectivity index is 1.59. The van der Waals surface area contributed by atoms with Crippen LogP contribution >= 0.6 is 11.6 Å². The fourth-order valence-corrected chi connectivity index (χ4v) is 7.05. The first-order chi connectivity index (χ1) is 17.6. The first-order valence-electron chi connectivity index (χ1n) is 11.8. The molecule has 37 heavy (non-hydrogen) atoms. The molecule has 1 saturated heterocycles. The number of carbonyl (C=O) groups excluding carboxylic acids is 1. The smallest absolute Gasteiger partial charge is 0.243 e. The summed E-state index contributed by atoms with van der Waals surface area (Å²) < 4.78 is 55.4. The van der Waals surface area contributed by atoms with Crippen LogP contribution in [0.3, 0.4) is 0 Å². The lowest BCUT2D eigenvalue weighted by Gasteiger charge is -2.22. The Hall–Kier alpha value is -2.76. The van der Waals surface area contributed by atoms with Gasteiger partial charge in [-0.25, -0.2) is 16.8 Å². The van der Waals surface area contributed by atoms with Gasteiger partial charge in [0.25, 0.3) is 0 Å². The summed E-state index contributed by atoms with van der Waals surface area (Å²) in [6.07, 6.45) is 1.61. The standard InChI is InChI=1S/C26H28ClN3O5S2/c1-20-4-6-21(7-5-20)18-30(19-26(31)28-23-10-8-22(27)9-11-23)37(34,35)25-14-12-24(13-15-25)36(32,33)29-16-2-3-17-29/h4-15H,2-3,16-19H2,1H3,(H,28,31). The molecule has 0 atom stereocenters. The highest BCUT2D eigenvalue weighted by Gasteiger charge is 2.30. The molecule has 1 aliphatic rings. The van der Waals surface area contributed by atoms with E-state index in [0.717, 1.165) is 22.7 Å². The van der Waals surface area contributed by atoms with E-state index in [-0.39, 0.29) is 16.3 Å². The Morgan fingerprint density at radius 2 is 1.43 bits per heavy atom. The van der Waals surface area contributed by atoms with Crippen LogP contribution in [0.4, 0.5) is 5.69 Å². The van der Waals surface area contributed by atoms with E-state index < -0.39 is 32.5 Å². The van der Waals surface area contributed by atoms with Crippen molar-refractivity contribution in [2.45, 2.75) is 36.1 Å². The van der Waals surface area contributed by atoms with Gasteiger partial charge >= 0.3 is 0 Å². The van der Waals surface area contributed by atoms with Gasteiger partial charge in [-0.3, -0.25) is 4.79 Å². The summed E-state index contributed by atoms with van der Waals surface area (Å²) in [6, 6.07) is 19.0. The zero-order valence-electron chi connectivity index (χ0n) is 20.3. The number of nitrogens with zero attached hydrogens (tertiary/aromatic N) is 2. The topological polar surface area (TPSA) is 104 Å². The van der Waals surface area contributed by atoms with Crippen LogP contribution in [0.5, 0.6) is 0 Å². The first kappa shape index (κ1) is 27.3. The maximum Gasteiger partial charge on any atom is 0.243 e. The molecule has 0 spiro atoms. The van der Waals surface area contributed by atoms with Gasteiger partial charge in [-0.05, 0) is 73.9 Å². The molecule has 11 heteroatoms. The van der Waals surface area contributed by atoms with E-state index >= 15 is 0 Å². The van der Waals surface area contributed by atoms with Crippen LogP contribution in [0, 0.1) is 6.92 Å². The highest BCUT2D eigenvalue weighted by atomic mass is 35.5. The zero-order valence-corrected chi connectivity index (χ0v) is 22.7. The largest absolute Gasteiger partial charge is 0.325 e. The molecule has 3 aromatic carbocycles. The average molecular weight is 562 g/mol. The third-order valence-electron chi connectivity index (χ3n) is 6.09. The quantitative estimate of drug-likeness (QED) is 0.420. The minimum Gasteiger partial charge on any atom is -0.325 e. The molecule has 0 bridgehead atoms. The van der Waals surface area contributed by atoms with E-state index in [1.807, 2.05) is 19.1 Å². The second-order valence-corrected chi connectivity index (χ2v) is 13.2. The van der Waals surface area contributed by atoms with Gasteiger partial charge in [-0.2, -0.15) is 8.61 Å². The van der Waals surface area contributed by atoms with E-state index in [0.29, 0.717) is 29.4 Å². The third-order valence-corrected chi connectivity index (χ3v) is 10.1. The summed E-state index contributed by atoms with van der Waals surface area (Å²) >= 11 is 5.90. The molecule has 8 nitrogen and oxygen atoms in total. The zero-order chi connectivity index (χ0) is 26.6. The summed E-state index contributed by atoms with van der Waals surface area (Å²) in [6.45, 7) is 2.36. The van der Waals surface area contributed by atoms with Crippen molar-refractivity contribution in [3.05, 3.63) is 88.9 Å². The molecule has 4 rings (SSSR count). The second kappa shape index (κ2) is 11.3. The van der Waals surface area contributed by atoms with Crippen molar-refractivity contribution in [3.63, 3.8) is 0 Å². The number of sulfonamides is 2. The molecule has 0 unspecified atom stereocenters. The molecule has 1 fully saturated rings. The molecule has 0 aromatic heterocycles. The number of halogens is 1. The molecule has 1 aliphatic heterocycles. The number of aryl methyl sites for hydroxylation is 1. The number of hydrogen-bond donors (Lipinski definition) is 1. The predicted octanol–water partition coefficient (Wildman–Crippen LogP) is 4.26. The number of hydrogen-bond acceptors (Lipinski definition) is 5. The van der Waals surface area contributed by atoms with Crippen molar-refractivity contribution in [2.24, 2.45) is 0 Å². The summed E-state index contributed by atoms with van der Waals surface area (Å²) in [5.41, 5.74) is 2.22. The van der Waals surface area contributed by atoms with Crippen LogP contribution < -0.4 is 5.32 Å². The van der Waals surface area contributed by atoms with E-state index in [2.05, 4.69) is 5.32 Å². The molecular formula is C26H28ClN3O5S2. The minimum atomic E-state index is -4.14. The number of nitrogens with one attached hydrogen (secondary N) is 1. The van der Waals surface area contributed by atoms with E-state index in [4.69, 9.17) is 11.6 Å². The molecule has 0 aliphatic carbocycles. The van der Waals surface area contributed by atoms with Crippen molar-refractivity contribution < 1.29 is 21.6 Å². The van der Waals surface area contributed by atoms with E-state index in [1.54, 1.807) is 36.4 Å². The van der Waals surface area contributed by atoms with Crippen LogP contribution in [0.2, 0.25) is 5.02 Å². The summed E-state index contributed by atoms with van der Waals surface area (Å²) in [7, 11) is -7.82. The molecule has 0 radical (unpaired) electrons. The van der Waals surface area contributed by atoms with Gasteiger partial charge in [0.15, 0.2) is 0 Å². The summed E-state index contributed by atoms with van der Waals surface area (Å²) in [4.78, 5) is 12.8. The maximum absolute atomic E-state index is 13.6. The highest BCUT2D eigenvalue weighted by Crippen LogP contribution is 2.25. The van der Waals surface area contributed by atoms with Gasteiger partial charge in [0.05, 0.1) is 16.3 Å². The van der Waals surface area contributed by atoms with Gasteiger partial charge in [-0.1, -0.05) is 41.4 Å². The lowest BCUT2D eigenvalue weighted by atomic mass is 10.1. The molecule has 3 aromatic rings. The number of rotatable bonds is 9. The predicted molar refractivity (Wildman–Crippen MR) is 143 cm³/mol. The fourth-order valence-electron chi connectivity index (χ4n) is 4.03. The Bertz CT molecular complexity index is 1450. The van der Waals surface area contributed by atoms with Crippen molar-refractivity contribution in [2.75, 3.05) is 25.0 Å². The number of anilines is 1. The summed E-state index contributed by atoms with van der Waals surface area (Å²) in [5, 5.41) is 3.20. The van der Waals surface area contributed by atoms with Crippen molar-refractivity contribution >= 4 is 43.2 Å². The van der Waals surface area contributed by atoms with Crippen LogP contribution in [0.15, 0.2) is 82.6 Å². The van der Waals surface area contributed by atoms with Crippen LogP contribution in [-0.2, 0) is 31.4 Å². The van der Waals surface area contributed by atoms with Gasteiger partial charge in [0, 0.05) is 30.3 Å². The van der Waals surface area contributed by atoms with Gasteiger partial charge in [-0.15, -0.1) is 0 Å². The van der Waals surface area contributed by atoms with Crippen LogP contribution in [-0.4, -0.2) is 51.0 Å². The number of benzene rings is 3. The van der Waals surface area contributed by atoms with E-state index in [9.17, 15) is 21.6 Å². The Morgan fingerprint density at radius 1 is 0.865 bits per heavy atom. The Labute approximate surface area is 223 Å². The summed E-state index contributed by atoms with van der Waals surface area (Å²) in [5.74, 6) is -0.522. The number of carbonyl (C=O) groups is 1. The lowest BCUT2D eigenvalue weighted by Crippen LogP contribution is -2.37. The molecule has 1 heterocycles. The normalized spacial score (nSPS) is 14.7. The van der Waals surface area contributed by atoms with Crippen LogP contribution in [0.1, 0.15) is 24.0 Å². The second-order valence-electron chi connectivity index (χ2n) is 8.90. The average Bonchev–Trinajstić information content (AvgIpc) is 3.43. The third kappa shape index (κ3) is 6.58. The Morgan fingerprint density at radius 3 is 2.03 bits per heavy atom. The molecular weight excluding hydrogens is 534 g/mol. The highest BCUT2D eigenvalue weighted by molar-refractivity contribution is 7.89. The molecule has 1 amide bonds. The number of amides is 1. The van der Waals surface area contributed by atoms with E-state index in [1.165, 1.54) is 28.6 Å². The maximum atomic E-state index is 13.6. The van der Waals surface area contributed by atoms with Gasteiger partial charge in [0.1, 0.15) is 0 Å². The van der Waals surface area contributed by atoms with Crippen LogP contribution in [0.25, 0.3) is 0 Å². The fraction of sp³-hybridized carbons (Fsp3) is 0.269. The lowest BCUT2D eigenvalue weighted by molar-refractivity contribution is -0.116. The first-order valence-corrected chi connectivity index (χ1v) is 15.0. The van der Waals surface area contributed by atoms with Crippen molar-refractivity contribution in [3.8, 4) is 0 Å². The molecule has 1 N–H and O–H groups in total. The molecule has 196 valence electrons. The molecule has 0 saturated carbocycles.